The van der Waals surface area contributed by atoms with E-state index in [1.54, 1.807) is 13.2 Å². The summed E-state index contributed by atoms with van der Waals surface area (Å²) in [5.41, 5.74) is 1.10. The Balaban J connectivity index is 0.00000529. The van der Waals surface area contributed by atoms with E-state index in [0.29, 0.717) is 23.1 Å². The molecule has 0 saturated carbocycles. The van der Waals surface area contributed by atoms with Crippen LogP contribution in [0.1, 0.15) is 51.0 Å². The van der Waals surface area contributed by atoms with Gasteiger partial charge in [-0.1, -0.05) is 63.3 Å². The predicted molar refractivity (Wildman–Crippen MR) is 106 cm³/mol. The first-order valence-corrected chi connectivity index (χ1v) is 8.91. The Labute approximate surface area is 158 Å². The maximum atomic E-state index is 6.29. The van der Waals surface area contributed by atoms with Gasteiger partial charge in [0.15, 0.2) is 11.5 Å². The Morgan fingerprint density at radius 2 is 1.88 bits per heavy atom. The van der Waals surface area contributed by atoms with E-state index in [-0.39, 0.29) is 12.4 Å². The van der Waals surface area contributed by atoms with Crippen molar-refractivity contribution in [2.75, 3.05) is 20.3 Å². The number of hydrogen-bond donors (Lipinski definition) is 1. The molecule has 5 heteroatoms. The average molecular weight is 376 g/mol. The molecule has 1 aromatic carbocycles. The lowest BCUT2D eigenvalue weighted by Gasteiger charge is -2.13. The minimum absolute atomic E-state index is 0. The Morgan fingerprint density at radius 3 is 2.54 bits per heavy atom. The number of benzene rings is 1. The van der Waals surface area contributed by atoms with Gasteiger partial charge in [0.1, 0.15) is 6.61 Å². The lowest BCUT2D eigenvalue weighted by atomic mass is 10.1. The summed E-state index contributed by atoms with van der Waals surface area (Å²) in [7, 11) is 1.62. The van der Waals surface area contributed by atoms with Gasteiger partial charge in [-0.15, -0.1) is 12.4 Å². The van der Waals surface area contributed by atoms with E-state index < -0.39 is 0 Å². The van der Waals surface area contributed by atoms with E-state index in [1.165, 1.54) is 38.5 Å². The van der Waals surface area contributed by atoms with Crippen LogP contribution in [0.5, 0.6) is 11.5 Å². The van der Waals surface area contributed by atoms with E-state index in [2.05, 4.69) is 18.8 Å². The third-order valence-electron chi connectivity index (χ3n) is 3.67. The number of hydrogen-bond acceptors (Lipinski definition) is 3. The number of unbranched alkanes of at least 4 members (excludes halogenated alkanes) is 5. The van der Waals surface area contributed by atoms with Gasteiger partial charge in [0.2, 0.25) is 0 Å². The number of nitrogens with one attached hydrogen (secondary N) is 1. The van der Waals surface area contributed by atoms with Crippen LogP contribution in [0.25, 0.3) is 0 Å². The maximum Gasteiger partial charge on any atom is 0.180 e. The smallest absolute Gasteiger partial charge is 0.180 e. The lowest BCUT2D eigenvalue weighted by molar-refractivity contribution is 0.326. The van der Waals surface area contributed by atoms with Gasteiger partial charge in [0.25, 0.3) is 0 Å². The second-order valence-corrected chi connectivity index (χ2v) is 6.06. The molecule has 0 aliphatic heterocycles. The summed E-state index contributed by atoms with van der Waals surface area (Å²) in [4.78, 5) is 0. The number of halogens is 2. The topological polar surface area (TPSA) is 30.5 Å². The molecule has 0 heterocycles. The molecule has 138 valence electrons. The monoisotopic (exact) mass is 375 g/mol. The van der Waals surface area contributed by atoms with E-state index >= 15 is 0 Å². The molecule has 24 heavy (non-hydrogen) atoms. The minimum atomic E-state index is 0. The summed E-state index contributed by atoms with van der Waals surface area (Å²) in [6, 6.07) is 3.90. The Hall–Kier alpha value is -0.900. The third kappa shape index (κ3) is 8.81. The van der Waals surface area contributed by atoms with Crippen molar-refractivity contribution in [1.29, 1.82) is 0 Å². The van der Waals surface area contributed by atoms with Crippen molar-refractivity contribution >= 4 is 24.0 Å². The zero-order chi connectivity index (χ0) is 16.9. The Morgan fingerprint density at radius 1 is 1.17 bits per heavy atom. The van der Waals surface area contributed by atoms with Crippen molar-refractivity contribution in [1.82, 2.24) is 5.32 Å². The lowest BCUT2D eigenvalue weighted by Crippen LogP contribution is -2.14. The quantitative estimate of drug-likeness (QED) is 0.349. The molecule has 3 nitrogen and oxygen atoms in total. The summed E-state index contributed by atoms with van der Waals surface area (Å²) in [5.74, 6) is 1.24. The molecule has 0 amide bonds. The highest BCUT2D eigenvalue weighted by atomic mass is 35.5. The maximum absolute atomic E-state index is 6.29. The van der Waals surface area contributed by atoms with Crippen LogP contribution >= 0.6 is 24.0 Å². The molecule has 1 rings (SSSR count). The highest BCUT2D eigenvalue weighted by Crippen LogP contribution is 2.36. The van der Waals surface area contributed by atoms with Gasteiger partial charge in [-0.2, -0.15) is 0 Å². The van der Waals surface area contributed by atoms with Crippen molar-refractivity contribution in [2.24, 2.45) is 0 Å². The van der Waals surface area contributed by atoms with Gasteiger partial charge in [-0.3, -0.25) is 0 Å². The zero-order valence-electron chi connectivity index (χ0n) is 14.9. The van der Waals surface area contributed by atoms with E-state index in [9.17, 15) is 0 Å². The fraction of sp³-hybridized carbons (Fsp3) is 0.579. The van der Waals surface area contributed by atoms with Crippen molar-refractivity contribution in [3.63, 3.8) is 0 Å². The van der Waals surface area contributed by atoms with Gasteiger partial charge in [-0.05, 0) is 30.7 Å². The van der Waals surface area contributed by atoms with Crippen LogP contribution in [-0.2, 0) is 6.54 Å². The zero-order valence-corrected chi connectivity index (χ0v) is 16.5. The second kappa shape index (κ2) is 14.4. The summed E-state index contributed by atoms with van der Waals surface area (Å²) in [5, 5.41) is 4.03. The van der Waals surface area contributed by atoms with Crippen molar-refractivity contribution in [3.05, 3.63) is 35.4 Å². The van der Waals surface area contributed by atoms with E-state index in [1.807, 2.05) is 12.1 Å². The molecule has 1 aromatic rings. The molecule has 0 radical (unpaired) electrons. The predicted octanol–water partition coefficient (Wildman–Crippen LogP) is 5.79. The van der Waals surface area contributed by atoms with Gasteiger partial charge in [0.05, 0.1) is 12.1 Å². The number of methoxy groups -OCH3 is 1. The van der Waals surface area contributed by atoms with Crippen LogP contribution in [0.15, 0.2) is 24.8 Å². The molecule has 0 atom stereocenters. The van der Waals surface area contributed by atoms with Crippen LogP contribution in [0, 0.1) is 0 Å². The van der Waals surface area contributed by atoms with Gasteiger partial charge < -0.3 is 14.8 Å². The third-order valence-corrected chi connectivity index (χ3v) is 3.95. The van der Waals surface area contributed by atoms with Crippen molar-refractivity contribution in [2.45, 2.75) is 52.0 Å². The molecule has 0 bridgehead atoms. The molecule has 0 unspecified atom stereocenters. The van der Waals surface area contributed by atoms with Crippen LogP contribution in [0.3, 0.4) is 0 Å². The largest absolute Gasteiger partial charge is 0.493 e. The highest BCUT2D eigenvalue weighted by Gasteiger charge is 2.11. The molecule has 0 spiro atoms. The Bertz CT molecular complexity index is 467. The van der Waals surface area contributed by atoms with E-state index in [4.69, 9.17) is 21.1 Å². The molecule has 0 aliphatic rings. The van der Waals surface area contributed by atoms with Crippen LogP contribution in [0.2, 0.25) is 5.02 Å². The van der Waals surface area contributed by atoms with E-state index in [0.717, 1.165) is 18.7 Å². The SMILES string of the molecule is C=CCOc1c(Cl)cc(CNCCCCCCCC)cc1OC.Cl. The molecule has 1 N–H and O–H groups in total. The van der Waals surface area contributed by atoms with Gasteiger partial charge >= 0.3 is 0 Å². The normalized spacial score (nSPS) is 10.1. The molecular weight excluding hydrogens is 345 g/mol. The van der Waals surface area contributed by atoms with Crippen LogP contribution < -0.4 is 14.8 Å². The molecule has 0 aromatic heterocycles. The van der Waals surface area contributed by atoms with Gasteiger partial charge in [0, 0.05) is 6.54 Å². The fourth-order valence-corrected chi connectivity index (χ4v) is 2.71. The summed E-state index contributed by atoms with van der Waals surface area (Å²) in [6.07, 6.45) is 9.55. The molecule has 0 fully saturated rings. The molecule has 0 saturated heterocycles. The van der Waals surface area contributed by atoms with Gasteiger partial charge in [-0.25, -0.2) is 0 Å². The summed E-state index contributed by atoms with van der Waals surface area (Å²) < 4.78 is 10.9. The number of rotatable bonds is 13. The van der Waals surface area contributed by atoms with Crippen LogP contribution in [-0.4, -0.2) is 20.3 Å². The standard InChI is InChI=1S/C19H30ClNO2.ClH/c1-4-6-7-8-9-10-11-21-15-16-13-17(20)19(23-12-5-2)18(14-16)22-3;/h5,13-14,21H,2,4,6-12,15H2,1,3H3;1H. The first-order chi connectivity index (χ1) is 11.2. The highest BCUT2D eigenvalue weighted by molar-refractivity contribution is 6.32. The van der Waals surface area contributed by atoms with Crippen LogP contribution in [0.4, 0.5) is 0 Å². The minimum Gasteiger partial charge on any atom is -0.493 e. The Kier molecular flexibility index (Phi) is 13.9. The first-order valence-electron chi connectivity index (χ1n) is 8.53. The second-order valence-electron chi connectivity index (χ2n) is 5.65. The summed E-state index contributed by atoms with van der Waals surface area (Å²) >= 11 is 6.29. The molecular formula is C19H31Cl2NO2. The fourth-order valence-electron chi connectivity index (χ4n) is 2.42. The molecule has 0 aliphatic carbocycles. The average Bonchev–Trinajstić information content (AvgIpc) is 2.55. The van der Waals surface area contributed by atoms with Crippen molar-refractivity contribution < 1.29 is 9.47 Å². The summed E-state index contributed by atoms with van der Waals surface area (Å²) in [6.45, 7) is 8.11. The van der Waals surface area contributed by atoms with Crippen molar-refractivity contribution in [3.8, 4) is 11.5 Å². The first kappa shape index (κ1) is 23.1. The number of ether oxygens (including phenoxy) is 2.